The lowest BCUT2D eigenvalue weighted by atomic mass is 9.98. The first-order valence-corrected chi connectivity index (χ1v) is 14.4. The molecule has 3 aliphatic heterocycles. The molecule has 0 bridgehead atoms. The summed E-state index contributed by atoms with van der Waals surface area (Å²) in [5.41, 5.74) is 0.275. The molecule has 10 N–H and O–H groups in total. The van der Waals surface area contributed by atoms with Crippen molar-refractivity contribution >= 4 is 11.0 Å². The molecular weight excluding hydrogens is 624 g/mol. The maximum absolute atomic E-state index is 11.8. The normalized spacial score (nSPS) is 41.8. The lowest BCUT2D eigenvalue weighted by Gasteiger charge is -2.43. The van der Waals surface area contributed by atoms with Gasteiger partial charge in [-0.05, 0) is 24.6 Å². The predicted octanol–water partition coefficient (Wildman–Crippen LogP) is -5.07. The van der Waals surface area contributed by atoms with Gasteiger partial charge in [-0.15, -0.1) is 0 Å². The van der Waals surface area contributed by atoms with E-state index in [0.717, 1.165) is 0 Å². The van der Waals surface area contributed by atoms with Crippen LogP contribution in [0.1, 0.15) is 5.56 Å². The van der Waals surface area contributed by atoms with Crippen molar-refractivity contribution in [2.24, 2.45) is 0 Å². The van der Waals surface area contributed by atoms with Gasteiger partial charge in [-0.1, -0.05) is 0 Å². The zero-order valence-corrected chi connectivity index (χ0v) is 24.3. The smallest absolute Gasteiger partial charge is 0.336 e. The van der Waals surface area contributed by atoms with Gasteiger partial charge in [-0.2, -0.15) is 0 Å². The van der Waals surface area contributed by atoms with Gasteiger partial charge in [0.1, 0.15) is 84.6 Å². The third-order valence-corrected chi connectivity index (χ3v) is 8.21. The highest BCUT2D eigenvalue weighted by molar-refractivity contribution is 5.81. The van der Waals surface area contributed by atoms with Crippen molar-refractivity contribution in [3.05, 3.63) is 40.2 Å². The summed E-state index contributed by atoms with van der Waals surface area (Å²) in [5.74, 6) is 0.0962. The molecule has 5 rings (SSSR count). The number of fused-ring (bicyclic) bond motifs is 1. The molecule has 0 spiro atoms. The van der Waals surface area contributed by atoms with Gasteiger partial charge in [0.15, 0.2) is 12.6 Å². The van der Waals surface area contributed by atoms with Gasteiger partial charge in [0.2, 0.25) is 6.29 Å². The second-order valence-electron chi connectivity index (χ2n) is 11.4. The molecule has 1 aromatic carbocycles. The minimum atomic E-state index is -1.83. The van der Waals surface area contributed by atoms with Gasteiger partial charge in [0.05, 0.1) is 19.8 Å². The average Bonchev–Trinajstić information content (AvgIpc) is 3.03. The minimum Gasteiger partial charge on any atom is -0.462 e. The van der Waals surface area contributed by atoms with Gasteiger partial charge >= 0.3 is 5.63 Å². The number of aliphatic hydroxyl groups excluding tert-OH is 10. The Labute approximate surface area is 260 Å². The molecule has 18 heteroatoms. The van der Waals surface area contributed by atoms with E-state index in [9.17, 15) is 55.9 Å². The molecule has 0 unspecified atom stereocenters. The van der Waals surface area contributed by atoms with Gasteiger partial charge in [-0.3, -0.25) is 0 Å². The summed E-state index contributed by atoms with van der Waals surface area (Å²) in [6, 6.07) is 5.83. The van der Waals surface area contributed by atoms with Crippen LogP contribution in [0.3, 0.4) is 0 Å². The van der Waals surface area contributed by atoms with Gasteiger partial charge in [-0.25, -0.2) is 4.79 Å². The van der Waals surface area contributed by atoms with E-state index in [4.69, 9.17) is 32.8 Å². The number of hydrogen-bond donors (Lipinski definition) is 10. The average molecular weight is 663 g/mol. The highest BCUT2D eigenvalue weighted by Gasteiger charge is 2.49. The first kappa shape index (κ1) is 35.0. The highest BCUT2D eigenvalue weighted by Crippen LogP contribution is 2.30. The van der Waals surface area contributed by atoms with Crippen molar-refractivity contribution in [2.45, 2.75) is 99.0 Å². The van der Waals surface area contributed by atoms with Crippen molar-refractivity contribution in [1.29, 1.82) is 0 Å². The monoisotopic (exact) mass is 662 g/mol. The van der Waals surface area contributed by atoms with Crippen LogP contribution in [0, 0.1) is 6.92 Å². The van der Waals surface area contributed by atoms with Crippen LogP contribution in [-0.4, -0.2) is 163 Å². The molecule has 2 aromatic rings. The van der Waals surface area contributed by atoms with Gasteiger partial charge in [0, 0.05) is 17.5 Å². The van der Waals surface area contributed by atoms with Crippen molar-refractivity contribution < 1.29 is 83.9 Å². The summed E-state index contributed by atoms with van der Waals surface area (Å²) in [7, 11) is 0. The van der Waals surface area contributed by atoms with Crippen molar-refractivity contribution in [2.75, 3.05) is 19.8 Å². The van der Waals surface area contributed by atoms with E-state index in [0.29, 0.717) is 10.9 Å². The Morgan fingerprint density at radius 1 is 0.630 bits per heavy atom. The number of rotatable bonds is 9. The lowest BCUT2D eigenvalue weighted by molar-refractivity contribution is -0.339. The second kappa shape index (κ2) is 14.4. The zero-order chi connectivity index (χ0) is 33.4. The van der Waals surface area contributed by atoms with E-state index in [1.54, 1.807) is 13.0 Å². The number of ether oxygens (including phenoxy) is 6. The molecule has 18 nitrogen and oxygen atoms in total. The second-order valence-corrected chi connectivity index (χ2v) is 11.4. The van der Waals surface area contributed by atoms with E-state index in [1.807, 2.05) is 0 Å². The quantitative estimate of drug-likeness (QED) is 0.112. The summed E-state index contributed by atoms with van der Waals surface area (Å²) in [6.45, 7) is -0.178. The third-order valence-electron chi connectivity index (χ3n) is 8.21. The lowest BCUT2D eigenvalue weighted by Crippen LogP contribution is -2.63. The molecular formula is C28H38O18. The maximum Gasteiger partial charge on any atom is 0.336 e. The Kier molecular flexibility index (Phi) is 10.9. The molecule has 0 amide bonds. The fourth-order valence-electron chi connectivity index (χ4n) is 5.44. The summed E-state index contributed by atoms with van der Waals surface area (Å²) < 4.78 is 38.2. The molecule has 0 radical (unpaired) electrons. The molecule has 15 atom stereocenters. The largest absolute Gasteiger partial charge is 0.462 e. The predicted molar refractivity (Wildman–Crippen MR) is 147 cm³/mol. The fourth-order valence-corrected chi connectivity index (χ4v) is 5.44. The fraction of sp³-hybridized carbons (Fsp3) is 0.679. The van der Waals surface area contributed by atoms with E-state index >= 15 is 0 Å². The highest BCUT2D eigenvalue weighted by atomic mass is 16.7. The van der Waals surface area contributed by atoms with Crippen LogP contribution >= 0.6 is 0 Å². The summed E-state index contributed by atoms with van der Waals surface area (Å²) in [6.07, 6.45) is -24.6. The maximum atomic E-state index is 11.8. The molecule has 3 fully saturated rings. The van der Waals surface area contributed by atoms with Crippen molar-refractivity contribution in [3.63, 3.8) is 0 Å². The number of aliphatic hydroxyl groups is 10. The van der Waals surface area contributed by atoms with E-state index < -0.39 is 118 Å². The van der Waals surface area contributed by atoms with Crippen LogP contribution in [-0.2, 0) is 23.7 Å². The summed E-state index contributed by atoms with van der Waals surface area (Å²) >= 11 is 0. The minimum absolute atomic E-state index is 0.0962. The van der Waals surface area contributed by atoms with Crippen LogP contribution in [0.2, 0.25) is 0 Å². The van der Waals surface area contributed by atoms with E-state index in [1.165, 1.54) is 18.2 Å². The molecule has 1 aromatic heterocycles. The van der Waals surface area contributed by atoms with Crippen molar-refractivity contribution in [1.82, 2.24) is 0 Å². The van der Waals surface area contributed by atoms with E-state index in [-0.39, 0.29) is 11.3 Å². The van der Waals surface area contributed by atoms with Crippen LogP contribution in [0.25, 0.3) is 11.0 Å². The number of aryl methyl sites for hydroxylation is 1. The van der Waals surface area contributed by atoms with E-state index in [2.05, 4.69) is 0 Å². The SMILES string of the molecule is Cc1cc(=O)oc2cc(O[C@@H]3O[C@H](CO[C@@H]4O[C@H](CO[C@@H]5O[C@H](CO)[C@@H](O)[C@H](O)[C@@H]5O)[C@@H](O)[C@H](O)[C@@H]4O)[C@@H](O)[C@H](O)[C@H]3O)ccc12. The Morgan fingerprint density at radius 2 is 1.11 bits per heavy atom. The first-order chi connectivity index (χ1) is 21.8. The molecule has 3 saturated heterocycles. The molecule has 258 valence electrons. The van der Waals surface area contributed by atoms with Crippen molar-refractivity contribution in [3.8, 4) is 5.75 Å². The molecule has 4 heterocycles. The summed E-state index contributed by atoms with van der Waals surface area (Å²) in [4.78, 5) is 11.8. The Bertz CT molecular complexity index is 1370. The standard InChI is InChI=1S/C28H38O18/c1-9-4-16(30)43-12-5-10(2-3-11(9)12)42-28-25(39)22(36)19(33)15(46-28)8-41-27-24(38)21(35)18(32)14(45-27)7-40-26-23(37)20(34)17(31)13(6-29)44-26/h2-5,13-15,17-29,31-39H,6-8H2,1H3/t13-,14-,15-,17-,18-,19-,20+,21+,22+,23+,24+,25-,26-,27-,28-/m1/s1. The molecule has 0 aliphatic carbocycles. The third kappa shape index (κ3) is 7.06. The number of benzene rings is 1. The topological polar surface area (TPSA) is 288 Å². The Morgan fingerprint density at radius 3 is 1.65 bits per heavy atom. The number of hydrogen-bond acceptors (Lipinski definition) is 18. The van der Waals surface area contributed by atoms with Crippen LogP contribution in [0.5, 0.6) is 5.75 Å². The van der Waals surface area contributed by atoms with Crippen LogP contribution in [0.4, 0.5) is 0 Å². The Balaban J connectivity index is 1.21. The first-order valence-electron chi connectivity index (χ1n) is 14.4. The van der Waals surface area contributed by atoms with Gasteiger partial charge < -0.3 is 83.9 Å². The Hall–Kier alpha value is -2.37. The molecule has 46 heavy (non-hydrogen) atoms. The molecule has 0 saturated carbocycles. The van der Waals surface area contributed by atoms with Gasteiger partial charge in [0.25, 0.3) is 0 Å². The zero-order valence-electron chi connectivity index (χ0n) is 24.3. The van der Waals surface area contributed by atoms with Crippen LogP contribution < -0.4 is 10.4 Å². The summed E-state index contributed by atoms with van der Waals surface area (Å²) in [5, 5.41) is 103. The van der Waals surface area contributed by atoms with Crippen LogP contribution in [0.15, 0.2) is 33.5 Å². The molecule has 3 aliphatic rings.